The zero-order chi connectivity index (χ0) is 17.2. The Bertz CT molecular complexity index is 775. The van der Waals surface area contributed by atoms with Crippen molar-refractivity contribution in [3.05, 3.63) is 59.2 Å². The predicted octanol–water partition coefficient (Wildman–Crippen LogP) is 3.71. The van der Waals surface area contributed by atoms with Gasteiger partial charge in [-0.15, -0.1) is 0 Å². The molecule has 2 heterocycles. The number of benzene rings is 2. The van der Waals surface area contributed by atoms with Gasteiger partial charge < -0.3 is 19.1 Å². The van der Waals surface area contributed by atoms with Crippen molar-refractivity contribution in [2.24, 2.45) is 0 Å². The van der Waals surface area contributed by atoms with Gasteiger partial charge in [-0.05, 0) is 42.2 Å². The average Bonchev–Trinajstić information content (AvgIpc) is 2.66. The number of rotatable bonds is 2. The zero-order valence-electron chi connectivity index (χ0n) is 14.2. The van der Waals surface area contributed by atoms with Crippen molar-refractivity contribution in [2.75, 3.05) is 19.8 Å². The van der Waals surface area contributed by atoms with Crippen LogP contribution < -0.4 is 9.47 Å². The molecule has 0 bridgehead atoms. The number of amides is 1. The second kappa shape index (κ2) is 6.67. The van der Waals surface area contributed by atoms with Gasteiger partial charge >= 0.3 is 6.09 Å². The van der Waals surface area contributed by atoms with E-state index in [-0.39, 0.29) is 18.7 Å². The summed E-state index contributed by atoms with van der Waals surface area (Å²) in [7, 11) is 0. The monoisotopic (exact) mass is 339 g/mol. The summed E-state index contributed by atoms with van der Waals surface area (Å²) in [5.41, 5.74) is 3.30. The topological polar surface area (TPSA) is 48.0 Å². The van der Waals surface area contributed by atoms with E-state index in [4.69, 9.17) is 14.2 Å². The number of ether oxygens (including phenoxy) is 3. The lowest BCUT2D eigenvalue weighted by Crippen LogP contribution is -2.39. The Kier molecular flexibility index (Phi) is 4.22. The molecule has 2 aromatic carbocycles. The maximum absolute atomic E-state index is 12.5. The predicted molar refractivity (Wildman–Crippen MR) is 92.9 cm³/mol. The molecule has 0 aromatic heterocycles. The summed E-state index contributed by atoms with van der Waals surface area (Å²) in [5.74, 6) is 1.56. The maximum Gasteiger partial charge on any atom is 0.410 e. The number of carbonyl (C=O) groups excluding carboxylic acids is 1. The van der Waals surface area contributed by atoms with E-state index in [2.05, 4.69) is 0 Å². The quantitative estimate of drug-likeness (QED) is 0.837. The molecule has 2 aliphatic rings. The maximum atomic E-state index is 12.5. The molecular formula is C20H21NO4. The second-order valence-electron chi connectivity index (χ2n) is 6.35. The number of hydrogen-bond donors (Lipinski definition) is 0. The van der Waals surface area contributed by atoms with E-state index >= 15 is 0 Å². The van der Waals surface area contributed by atoms with Gasteiger partial charge in [0.25, 0.3) is 0 Å². The molecule has 25 heavy (non-hydrogen) atoms. The van der Waals surface area contributed by atoms with Crippen molar-refractivity contribution in [1.29, 1.82) is 0 Å². The van der Waals surface area contributed by atoms with Crippen molar-refractivity contribution in [2.45, 2.75) is 26.0 Å². The fraction of sp³-hybridized carbons (Fsp3) is 0.350. The fourth-order valence-corrected chi connectivity index (χ4v) is 3.41. The van der Waals surface area contributed by atoms with E-state index < -0.39 is 0 Å². The van der Waals surface area contributed by atoms with Crippen molar-refractivity contribution < 1.29 is 19.0 Å². The lowest BCUT2D eigenvalue weighted by Gasteiger charge is -2.35. The van der Waals surface area contributed by atoms with E-state index in [1.165, 1.54) is 5.56 Å². The van der Waals surface area contributed by atoms with E-state index in [1.54, 1.807) is 4.90 Å². The normalized spacial score (nSPS) is 18.4. The third-order valence-electron chi connectivity index (χ3n) is 4.78. The molecule has 1 unspecified atom stereocenters. The van der Waals surface area contributed by atoms with Gasteiger partial charge in [-0.2, -0.15) is 0 Å². The Hall–Kier alpha value is -2.69. The number of carbonyl (C=O) groups is 1. The van der Waals surface area contributed by atoms with Crippen LogP contribution in [0.25, 0.3) is 0 Å². The molecule has 130 valence electrons. The fourth-order valence-electron chi connectivity index (χ4n) is 3.41. The summed E-state index contributed by atoms with van der Waals surface area (Å²) in [6.07, 6.45) is 0.508. The van der Waals surface area contributed by atoms with Crippen LogP contribution in [0.4, 0.5) is 4.79 Å². The molecule has 4 rings (SSSR count). The lowest BCUT2D eigenvalue weighted by molar-refractivity contribution is 0.0800. The average molecular weight is 339 g/mol. The highest BCUT2D eigenvalue weighted by Gasteiger charge is 2.30. The van der Waals surface area contributed by atoms with Gasteiger partial charge in [0.15, 0.2) is 11.5 Å². The van der Waals surface area contributed by atoms with Gasteiger partial charge in [-0.25, -0.2) is 4.79 Å². The first-order chi connectivity index (χ1) is 12.2. The van der Waals surface area contributed by atoms with E-state index in [0.29, 0.717) is 19.8 Å². The van der Waals surface area contributed by atoms with Crippen molar-refractivity contribution in [1.82, 2.24) is 4.90 Å². The SMILES string of the molecule is CC1c2cc3c(cc2CCN1C(=O)OCc1ccccc1)OCCO3. The van der Waals surface area contributed by atoms with Crippen LogP contribution in [0.2, 0.25) is 0 Å². The van der Waals surface area contributed by atoms with E-state index in [9.17, 15) is 4.79 Å². The van der Waals surface area contributed by atoms with Crippen molar-refractivity contribution in [3.8, 4) is 11.5 Å². The first kappa shape index (κ1) is 15.8. The highest BCUT2D eigenvalue weighted by atomic mass is 16.6. The molecule has 2 aromatic rings. The zero-order valence-corrected chi connectivity index (χ0v) is 14.2. The smallest absolute Gasteiger partial charge is 0.410 e. The summed E-state index contributed by atoms with van der Waals surface area (Å²) < 4.78 is 16.8. The molecule has 0 fully saturated rings. The third kappa shape index (κ3) is 3.14. The molecule has 0 saturated carbocycles. The minimum atomic E-state index is -0.281. The lowest BCUT2D eigenvalue weighted by atomic mass is 9.93. The van der Waals surface area contributed by atoms with Gasteiger partial charge in [0.1, 0.15) is 19.8 Å². The highest BCUT2D eigenvalue weighted by Crippen LogP contribution is 2.39. The number of nitrogens with zero attached hydrogens (tertiary/aromatic N) is 1. The van der Waals surface area contributed by atoms with Gasteiger partial charge in [-0.3, -0.25) is 0 Å². The Labute approximate surface area is 147 Å². The minimum absolute atomic E-state index is 0.0529. The summed E-state index contributed by atoms with van der Waals surface area (Å²) in [5, 5.41) is 0. The molecule has 0 spiro atoms. The van der Waals surface area contributed by atoms with Crippen molar-refractivity contribution >= 4 is 6.09 Å². The summed E-state index contributed by atoms with van der Waals surface area (Å²) in [4.78, 5) is 14.3. The Morgan fingerprint density at radius 1 is 1.16 bits per heavy atom. The molecule has 0 saturated heterocycles. The molecular weight excluding hydrogens is 318 g/mol. The van der Waals surface area contributed by atoms with E-state index in [1.807, 2.05) is 49.4 Å². The molecule has 5 nitrogen and oxygen atoms in total. The Morgan fingerprint density at radius 3 is 2.64 bits per heavy atom. The molecule has 2 aliphatic heterocycles. The Balaban J connectivity index is 1.49. The number of hydrogen-bond acceptors (Lipinski definition) is 4. The molecule has 1 amide bonds. The van der Waals surface area contributed by atoms with Gasteiger partial charge in [0.2, 0.25) is 0 Å². The van der Waals surface area contributed by atoms with E-state index in [0.717, 1.165) is 29.0 Å². The van der Waals surface area contributed by atoms with Gasteiger partial charge in [0.05, 0.1) is 6.04 Å². The van der Waals surface area contributed by atoms with Gasteiger partial charge in [-0.1, -0.05) is 30.3 Å². The third-order valence-corrected chi connectivity index (χ3v) is 4.78. The summed E-state index contributed by atoms with van der Waals surface area (Å²) >= 11 is 0. The molecule has 0 aliphatic carbocycles. The molecule has 5 heteroatoms. The molecule has 0 radical (unpaired) electrons. The Morgan fingerprint density at radius 2 is 1.88 bits per heavy atom. The van der Waals surface area contributed by atoms with Gasteiger partial charge in [0, 0.05) is 6.54 Å². The van der Waals surface area contributed by atoms with Crippen LogP contribution in [-0.2, 0) is 17.8 Å². The first-order valence-corrected chi connectivity index (χ1v) is 8.62. The molecule has 1 atom stereocenters. The molecule has 0 N–H and O–H groups in total. The second-order valence-corrected chi connectivity index (χ2v) is 6.35. The van der Waals surface area contributed by atoms with Crippen molar-refractivity contribution in [3.63, 3.8) is 0 Å². The minimum Gasteiger partial charge on any atom is -0.486 e. The van der Waals surface area contributed by atoms with Crippen LogP contribution in [0.15, 0.2) is 42.5 Å². The standard InChI is InChI=1S/C20H21NO4/c1-14-17-12-19-18(23-9-10-24-19)11-16(17)7-8-21(14)20(22)25-13-15-5-3-2-4-6-15/h2-6,11-12,14H,7-10,13H2,1H3. The van der Waals surface area contributed by atoms with Crippen LogP contribution in [0, 0.1) is 0 Å². The largest absolute Gasteiger partial charge is 0.486 e. The van der Waals surface area contributed by atoms with Crippen LogP contribution in [0.5, 0.6) is 11.5 Å². The summed E-state index contributed by atoms with van der Waals surface area (Å²) in [6.45, 7) is 4.10. The first-order valence-electron chi connectivity index (χ1n) is 8.62. The van der Waals surface area contributed by atoms with Crippen LogP contribution in [-0.4, -0.2) is 30.8 Å². The number of fused-ring (bicyclic) bond motifs is 2. The van der Waals surface area contributed by atoms with Crippen LogP contribution in [0.3, 0.4) is 0 Å². The van der Waals surface area contributed by atoms with Crippen LogP contribution in [0.1, 0.15) is 29.7 Å². The van der Waals surface area contributed by atoms with Crippen LogP contribution >= 0.6 is 0 Å². The summed E-state index contributed by atoms with van der Waals surface area (Å²) in [6, 6.07) is 13.7. The highest BCUT2D eigenvalue weighted by molar-refractivity contribution is 5.69.